The molecule has 0 unspecified atom stereocenters. The first-order valence-corrected chi connectivity index (χ1v) is 9.51. The Morgan fingerprint density at radius 2 is 1.88 bits per heavy atom. The molecule has 0 aliphatic carbocycles. The summed E-state index contributed by atoms with van der Waals surface area (Å²) in [5, 5.41) is 2.82. The maximum Gasteiger partial charge on any atom is 0.246 e. The maximum atomic E-state index is 12.5. The van der Waals surface area contributed by atoms with E-state index < -0.39 is 10.0 Å². The van der Waals surface area contributed by atoms with Gasteiger partial charge in [-0.15, -0.1) is 0 Å². The Balaban J connectivity index is 2.00. The predicted molar refractivity (Wildman–Crippen MR) is 91.9 cm³/mol. The van der Waals surface area contributed by atoms with Crippen molar-refractivity contribution in [3.05, 3.63) is 41.5 Å². The Hall–Kier alpha value is -1.70. The van der Waals surface area contributed by atoms with Crippen molar-refractivity contribution in [1.29, 1.82) is 0 Å². The molecule has 2 rings (SSSR count). The lowest BCUT2D eigenvalue weighted by Gasteiger charge is -2.26. The second-order valence-corrected chi connectivity index (χ2v) is 7.58. The summed E-state index contributed by atoms with van der Waals surface area (Å²) in [5.41, 5.74) is 1.54. The fourth-order valence-electron chi connectivity index (χ4n) is 2.44. The Bertz CT molecular complexity index is 690. The first-order chi connectivity index (χ1) is 11.4. The molecule has 1 aromatic carbocycles. The number of nitrogens with zero attached hydrogens (tertiary/aromatic N) is 1. The van der Waals surface area contributed by atoms with Crippen LogP contribution in [0.3, 0.4) is 0 Å². The zero-order valence-corrected chi connectivity index (χ0v) is 14.9. The van der Waals surface area contributed by atoms with Crippen LogP contribution in [0.15, 0.2) is 40.8 Å². The van der Waals surface area contributed by atoms with Crippen LogP contribution in [-0.2, 0) is 26.1 Å². The van der Waals surface area contributed by atoms with E-state index in [1.807, 2.05) is 13.0 Å². The SMILES string of the molecule is CCC=C(C)C(=O)NCc1ccc(S(=O)(=O)N2CCOCC2)cc1. The zero-order chi connectivity index (χ0) is 17.6. The topological polar surface area (TPSA) is 75.7 Å². The Morgan fingerprint density at radius 3 is 2.46 bits per heavy atom. The summed E-state index contributed by atoms with van der Waals surface area (Å²) in [6, 6.07) is 6.63. The average molecular weight is 352 g/mol. The van der Waals surface area contributed by atoms with Crippen LogP contribution in [0.2, 0.25) is 0 Å². The summed E-state index contributed by atoms with van der Waals surface area (Å²) in [7, 11) is -3.47. The Labute approximate surface area is 143 Å². The van der Waals surface area contributed by atoms with Gasteiger partial charge in [0.05, 0.1) is 18.1 Å². The second-order valence-electron chi connectivity index (χ2n) is 5.64. The molecule has 1 saturated heterocycles. The third kappa shape index (κ3) is 4.66. The van der Waals surface area contributed by atoms with Crippen molar-refractivity contribution < 1.29 is 17.9 Å². The minimum atomic E-state index is -3.47. The molecular weight excluding hydrogens is 328 g/mol. The molecule has 1 amide bonds. The van der Waals surface area contributed by atoms with Crippen LogP contribution in [0.4, 0.5) is 0 Å². The van der Waals surface area contributed by atoms with Crippen LogP contribution in [0.1, 0.15) is 25.8 Å². The second kappa shape index (κ2) is 8.41. The zero-order valence-electron chi connectivity index (χ0n) is 14.1. The predicted octanol–water partition coefficient (Wildman–Crippen LogP) is 1.68. The van der Waals surface area contributed by atoms with Crippen LogP contribution in [0, 0.1) is 0 Å². The molecule has 0 aromatic heterocycles. The van der Waals surface area contributed by atoms with Gasteiger partial charge in [-0.2, -0.15) is 4.31 Å². The number of allylic oxidation sites excluding steroid dienone is 1. The molecule has 0 bridgehead atoms. The first-order valence-electron chi connectivity index (χ1n) is 8.07. The molecule has 1 heterocycles. The van der Waals surface area contributed by atoms with Crippen molar-refractivity contribution in [2.45, 2.75) is 31.7 Å². The summed E-state index contributed by atoms with van der Waals surface area (Å²) in [5.74, 6) is -0.109. The van der Waals surface area contributed by atoms with Gasteiger partial charge in [-0.25, -0.2) is 8.42 Å². The lowest BCUT2D eigenvalue weighted by atomic mass is 10.2. The highest BCUT2D eigenvalue weighted by molar-refractivity contribution is 7.89. The summed E-state index contributed by atoms with van der Waals surface area (Å²) in [6.07, 6.45) is 2.68. The van der Waals surface area contributed by atoms with Gasteiger partial charge in [-0.1, -0.05) is 25.1 Å². The maximum absolute atomic E-state index is 12.5. The van der Waals surface area contributed by atoms with Crippen molar-refractivity contribution in [3.63, 3.8) is 0 Å². The van der Waals surface area contributed by atoms with Gasteiger partial charge < -0.3 is 10.1 Å². The van der Waals surface area contributed by atoms with Crippen molar-refractivity contribution in [1.82, 2.24) is 9.62 Å². The fourth-order valence-corrected chi connectivity index (χ4v) is 3.84. The summed E-state index contributed by atoms with van der Waals surface area (Å²) in [4.78, 5) is 12.1. The van der Waals surface area contributed by atoms with E-state index in [2.05, 4.69) is 5.32 Å². The van der Waals surface area contributed by atoms with Gasteiger partial charge >= 0.3 is 0 Å². The molecule has 1 fully saturated rings. The monoisotopic (exact) mass is 352 g/mol. The van der Waals surface area contributed by atoms with E-state index >= 15 is 0 Å². The van der Waals surface area contributed by atoms with Gasteiger partial charge in [0.15, 0.2) is 0 Å². The smallest absolute Gasteiger partial charge is 0.246 e. The van der Waals surface area contributed by atoms with E-state index in [1.54, 1.807) is 31.2 Å². The van der Waals surface area contributed by atoms with E-state index in [1.165, 1.54) is 4.31 Å². The van der Waals surface area contributed by atoms with E-state index in [4.69, 9.17) is 4.74 Å². The van der Waals surface area contributed by atoms with Gasteiger partial charge in [0.1, 0.15) is 0 Å². The molecule has 1 N–H and O–H groups in total. The standard InChI is InChI=1S/C17H24N2O4S/c1-3-4-14(2)17(20)18-13-15-5-7-16(8-6-15)24(21,22)19-9-11-23-12-10-19/h4-8H,3,9-13H2,1-2H3,(H,18,20). The highest BCUT2D eigenvalue weighted by Gasteiger charge is 2.26. The van der Waals surface area contributed by atoms with Crippen LogP contribution in [0.5, 0.6) is 0 Å². The van der Waals surface area contributed by atoms with Crippen LogP contribution < -0.4 is 5.32 Å². The molecule has 132 valence electrons. The van der Waals surface area contributed by atoms with Gasteiger partial charge in [-0.3, -0.25) is 4.79 Å². The van der Waals surface area contributed by atoms with Gasteiger partial charge in [0.2, 0.25) is 15.9 Å². The number of rotatable bonds is 6. The lowest BCUT2D eigenvalue weighted by molar-refractivity contribution is -0.117. The van der Waals surface area contributed by atoms with Gasteiger partial charge in [0.25, 0.3) is 0 Å². The number of hydrogen-bond acceptors (Lipinski definition) is 4. The quantitative estimate of drug-likeness (QED) is 0.791. The van der Waals surface area contributed by atoms with Crippen LogP contribution >= 0.6 is 0 Å². The largest absolute Gasteiger partial charge is 0.379 e. The van der Waals surface area contributed by atoms with Gasteiger partial charge in [-0.05, 0) is 31.0 Å². The van der Waals surface area contributed by atoms with Crippen molar-refractivity contribution >= 4 is 15.9 Å². The van der Waals surface area contributed by atoms with Crippen LogP contribution in [-0.4, -0.2) is 44.9 Å². The minimum Gasteiger partial charge on any atom is -0.379 e. The molecule has 0 radical (unpaired) electrons. The highest BCUT2D eigenvalue weighted by Crippen LogP contribution is 2.17. The van der Waals surface area contributed by atoms with E-state index in [9.17, 15) is 13.2 Å². The number of carbonyl (C=O) groups excluding carboxylic acids is 1. The number of carbonyl (C=O) groups is 1. The Kier molecular flexibility index (Phi) is 6.53. The molecule has 1 aromatic rings. The normalized spacial score (nSPS) is 16.8. The molecule has 1 aliphatic rings. The first kappa shape index (κ1) is 18.6. The van der Waals surface area contributed by atoms with Crippen molar-refractivity contribution in [3.8, 4) is 0 Å². The average Bonchev–Trinajstić information content (AvgIpc) is 2.61. The summed E-state index contributed by atoms with van der Waals surface area (Å²) < 4.78 is 31.7. The molecule has 1 aliphatic heterocycles. The highest BCUT2D eigenvalue weighted by atomic mass is 32.2. The van der Waals surface area contributed by atoms with Crippen molar-refractivity contribution in [2.75, 3.05) is 26.3 Å². The van der Waals surface area contributed by atoms with E-state index in [-0.39, 0.29) is 10.8 Å². The number of morpholine rings is 1. The van der Waals surface area contributed by atoms with E-state index in [0.29, 0.717) is 38.4 Å². The fraction of sp³-hybridized carbons (Fsp3) is 0.471. The molecule has 0 saturated carbocycles. The minimum absolute atomic E-state index is 0.109. The molecule has 0 atom stereocenters. The van der Waals surface area contributed by atoms with Crippen LogP contribution in [0.25, 0.3) is 0 Å². The molecule has 0 spiro atoms. The summed E-state index contributed by atoms with van der Waals surface area (Å²) >= 11 is 0. The van der Waals surface area contributed by atoms with Crippen molar-refractivity contribution in [2.24, 2.45) is 0 Å². The van der Waals surface area contributed by atoms with Gasteiger partial charge in [0, 0.05) is 25.2 Å². The molecule has 7 heteroatoms. The number of nitrogens with one attached hydrogen (secondary N) is 1. The third-order valence-electron chi connectivity index (χ3n) is 3.85. The Morgan fingerprint density at radius 1 is 1.25 bits per heavy atom. The van der Waals surface area contributed by atoms with E-state index in [0.717, 1.165) is 12.0 Å². The number of benzene rings is 1. The lowest BCUT2D eigenvalue weighted by Crippen LogP contribution is -2.40. The summed E-state index contributed by atoms with van der Waals surface area (Å²) in [6.45, 7) is 5.72. The number of hydrogen-bond donors (Lipinski definition) is 1. The number of sulfonamides is 1. The molecular formula is C17H24N2O4S. The number of amides is 1. The number of ether oxygens (including phenoxy) is 1. The molecule has 24 heavy (non-hydrogen) atoms. The molecule has 6 nitrogen and oxygen atoms in total. The third-order valence-corrected chi connectivity index (χ3v) is 5.77.